The Morgan fingerprint density at radius 2 is 1.96 bits per heavy atom. The number of nitrogens with zero attached hydrogens (tertiary/aromatic N) is 2. The van der Waals surface area contributed by atoms with Crippen molar-refractivity contribution in [2.24, 2.45) is 5.10 Å². The fourth-order valence-corrected chi connectivity index (χ4v) is 3.41. The number of hydrogen-bond donors (Lipinski definition) is 2. The molecule has 0 aliphatic heterocycles. The number of thiophene rings is 1. The number of carbonyl (C=O) groups is 1. The summed E-state index contributed by atoms with van der Waals surface area (Å²) in [6.07, 6.45) is 1.54. The Hall–Kier alpha value is -3.63. The van der Waals surface area contributed by atoms with Crippen LogP contribution in [0.5, 0.6) is 5.75 Å². The third kappa shape index (κ3) is 4.55. The van der Waals surface area contributed by atoms with Gasteiger partial charge >= 0.3 is 0 Å². The monoisotopic (exact) mass is 390 g/mol. The first-order chi connectivity index (χ1) is 13.6. The fraction of sp³-hybridized carbons (Fsp3) is 0.0952. The van der Waals surface area contributed by atoms with Gasteiger partial charge in [-0.1, -0.05) is 30.3 Å². The summed E-state index contributed by atoms with van der Waals surface area (Å²) in [6, 6.07) is 19.3. The molecule has 3 rings (SSSR count). The average molecular weight is 390 g/mol. The summed E-state index contributed by atoms with van der Waals surface area (Å²) < 4.78 is 5.73. The minimum atomic E-state index is -0.394. The molecule has 1 amide bonds. The van der Waals surface area contributed by atoms with E-state index in [-0.39, 0.29) is 0 Å². The summed E-state index contributed by atoms with van der Waals surface area (Å²) in [5, 5.41) is 13.3. The Balaban J connectivity index is 1.56. The van der Waals surface area contributed by atoms with E-state index in [4.69, 9.17) is 15.7 Å². The Morgan fingerprint density at radius 1 is 1.25 bits per heavy atom. The molecule has 2 aromatic carbocycles. The molecule has 0 fully saturated rings. The number of hydrogen-bond acceptors (Lipinski definition) is 6. The minimum Gasteiger partial charge on any atom is -0.489 e. The van der Waals surface area contributed by atoms with Crippen LogP contribution in [0.3, 0.4) is 0 Å². The zero-order valence-electron chi connectivity index (χ0n) is 15.2. The molecule has 0 atom stereocenters. The Bertz CT molecular complexity index is 1030. The third-order valence-electron chi connectivity index (χ3n) is 4.00. The fourth-order valence-electron chi connectivity index (χ4n) is 2.50. The third-order valence-corrected chi connectivity index (χ3v) is 5.12. The largest absolute Gasteiger partial charge is 0.489 e. The van der Waals surface area contributed by atoms with Gasteiger partial charge in [0.2, 0.25) is 0 Å². The first-order valence-corrected chi connectivity index (χ1v) is 9.29. The second kappa shape index (κ2) is 8.84. The van der Waals surface area contributed by atoms with Crippen LogP contribution in [0.15, 0.2) is 59.7 Å². The number of nitrogen functional groups attached to an aromatic ring is 1. The van der Waals surface area contributed by atoms with Crippen molar-refractivity contribution in [1.29, 1.82) is 5.26 Å². The van der Waals surface area contributed by atoms with E-state index >= 15 is 0 Å². The minimum absolute atomic E-state index is 0.334. The van der Waals surface area contributed by atoms with Gasteiger partial charge in [0.25, 0.3) is 5.91 Å². The summed E-state index contributed by atoms with van der Waals surface area (Å²) in [6.45, 7) is 2.19. The van der Waals surface area contributed by atoms with E-state index < -0.39 is 5.91 Å². The lowest BCUT2D eigenvalue weighted by Gasteiger charge is -2.06. The molecular formula is C21H18N4O2S. The molecule has 0 spiro atoms. The van der Waals surface area contributed by atoms with E-state index in [2.05, 4.69) is 10.5 Å². The number of nitrogens with one attached hydrogen (secondary N) is 1. The molecule has 0 saturated heterocycles. The molecule has 140 valence electrons. The van der Waals surface area contributed by atoms with Gasteiger partial charge in [-0.2, -0.15) is 10.4 Å². The van der Waals surface area contributed by atoms with Gasteiger partial charge in [0.05, 0.1) is 11.8 Å². The SMILES string of the molecule is Cc1c(C(=O)N/N=C\c2ccc(OCc3ccccc3)cc2)sc(N)c1C#N. The van der Waals surface area contributed by atoms with Crippen molar-refractivity contribution in [3.05, 3.63) is 81.7 Å². The van der Waals surface area contributed by atoms with Gasteiger partial charge in [0.15, 0.2) is 0 Å². The summed E-state index contributed by atoms with van der Waals surface area (Å²) in [4.78, 5) is 12.6. The first-order valence-electron chi connectivity index (χ1n) is 8.47. The highest BCUT2D eigenvalue weighted by Crippen LogP contribution is 2.29. The van der Waals surface area contributed by atoms with Crippen molar-refractivity contribution in [3.63, 3.8) is 0 Å². The van der Waals surface area contributed by atoms with Crippen LogP contribution in [-0.4, -0.2) is 12.1 Å². The first kappa shape index (κ1) is 19.1. The Morgan fingerprint density at radius 3 is 2.61 bits per heavy atom. The van der Waals surface area contributed by atoms with Crippen LogP contribution >= 0.6 is 11.3 Å². The van der Waals surface area contributed by atoms with Crippen molar-refractivity contribution >= 4 is 28.5 Å². The van der Waals surface area contributed by atoms with E-state index in [0.717, 1.165) is 28.2 Å². The molecule has 7 heteroatoms. The number of hydrazone groups is 1. The molecular weight excluding hydrogens is 372 g/mol. The van der Waals surface area contributed by atoms with Crippen LogP contribution in [0.25, 0.3) is 0 Å². The molecule has 0 unspecified atom stereocenters. The van der Waals surface area contributed by atoms with E-state index in [0.29, 0.717) is 27.6 Å². The second-order valence-electron chi connectivity index (χ2n) is 5.95. The van der Waals surface area contributed by atoms with E-state index in [1.165, 1.54) is 6.21 Å². The molecule has 3 N–H and O–H groups in total. The summed E-state index contributed by atoms with van der Waals surface area (Å²) >= 11 is 1.08. The second-order valence-corrected chi connectivity index (χ2v) is 7.00. The number of amides is 1. The van der Waals surface area contributed by atoms with Crippen LogP contribution in [0.4, 0.5) is 5.00 Å². The zero-order valence-corrected chi connectivity index (χ0v) is 16.0. The van der Waals surface area contributed by atoms with Gasteiger partial charge in [-0.3, -0.25) is 4.79 Å². The van der Waals surface area contributed by atoms with Crippen molar-refractivity contribution in [2.75, 3.05) is 5.73 Å². The van der Waals surface area contributed by atoms with Gasteiger partial charge in [0.1, 0.15) is 28.3 Å². The average Bonchev–Trinajstić information content (AvgIpc) is 3.01. The highest BCUT2D eigenvalue weighted by molar-refractivity contribution is 7.18. The van der Waals surface area contributed by atoms with Crippen molar-refractivity contribution in [2.45, 2.75) is 13.5 Å². The van der Waals surface area contributed by atoms with E-state index in [1.807, 2.05) is 60.7 Å². The van der Waals surface area contributed by atoms with Crippen LogP contribution < -0.4 is 15.9 Å². The van der Waals surface area contributed by atoms with Gasteiger partial charge in [-0.15, -0.1) is 11.3 Å². The highest BCUT2D eigenvalue weighted by atomic mass is 32.1. The molecule has 1 heterocycles. The number of ether oxygens (including phenoxy) is 1. The number of rotatable bonds is 6. The van der Waals surface area contributed by atoms with Gasteiger partial charge < -0.3 is 10.5 Å². The molecule has 0 aliphatic rings. The number of nitrogens with two attached hydrogens (primary N) is 1. The predicted octanol–water partition coefficient (Wildman–Crippen LogP) is 3.85. The molecule has 28 heavy (non-hydrogen) atoms. The number of carbonyl (C=O) groups excluding carboxylic acids is 1. The lowest BCUT2D eigenvalue weighted by molar-refractivity contribution is 0.0958. The molecule has 3 aromatic rings. The zero-order chi connectivity index (χ0) is 19.9. The lowest BCUT2D eigenvalue weighted by atomic mass is 10.2. The smallest absolute Gasteiger partial charge is 0.281 e. The molecule has 0 saturated carbocycles. The van der Waals surface area contributed by atoms with Crippen LogP contribution in [-0.2, 0) is 6.61 Å². The maximum Gasteiger partial charge on any atom is 0.281 e. The Kier molecular flexibility index (Phi) is 6.04. The van der Waals surface area contributed by atoms with E-state index in [9.17, 15) is 4.79 Å². The molecule has 1 aromatic heterocycles. The Labute approximate surface area is 166 Å². The predicted molar refractivity (Wildman–Crippen MR) is 110 cm³/mol. The van der Waals surface area contributed by atoms with E-state index in [1.54, 1.807) is 6.92 Å². The highest BCUT2D eigenvalue weighted by Gasteiger charge is 2.18. The molecule has 0 aliphatic carbocycles. The van der Waals surface area contributed by atoms with Crippen LogP contribution in [0, 0.1) is 18.3 Å². The number of anilines is 1. The maximum absolute atomic E-state index is 12.2. The number of benzene rings is 2. The van der Waals surface area contributed by atoms with Crippen molar-refractivity contribution in [1.82, 2.24) is 5.43 Å². The number of nitriles is 1. The van der Waals surface area contributed by atoms with Crippen molar-refractivity contribution < 1.29 is 9.53 Å². The normalized spacial score (nSPS) is 10.6. The lowest BCUT2D eigenvalue weighted by Crippen LogP contribution is -2.17. The molecule has 0 bridgehead atoms. The molecule has 0 radical (unpaired) electrons. The summed E-state index contributed by atoms with van der Waals surface area (Å²) in [5.41, 5.74) is 11.0. The van der Waals surface area contributed by atoms with Gasteiger partial charge in [-0.05, 0) is 47.9 Å². The topological polar surface area (TPSA) is 100 Å². The summed E-state index contributed by atoms with van der Waals surface area (Å²) in [5.74, 6) is 0.355. The van der Waals surface area contributed by atoms with Gasteiger partial charge in [-0.25, -0.2) is 5.43 Å². The summed E-state index contributed by atoms with van der Waals surface area (Å²) in [7, 11) is 0. The maximum atomic E-state index is 12.2. The van der Waals surface area contributed by atoms with Crippen LogP contribution in [0.1, 0.15) is 31.9 Å². The quantitative estimate of drug-likeness (QED) is 0.493. The van der Waals surface area contributed by atoms with Crippen LogP contribution in [0.2, 0.25) is 0 Å². The molecule has 6 nitrogen and oxygen atoms in total. The van der Waals surface area contributed by atoms with Crippen molar-refractivity contribution in [3.8, 4) is 11.8 Å². The standard InChI is InChI=1S/C21H18N4O2S/c1-14-18(11-22)20(23)28-19(14)21(26)25-24-12-15-7-9-17(10-8-15)27-13-16-5-3-2-4-6-16/h2-10,12H,13,23H2,1H3,(H,25,26)/b24-12-. The van der Waals surface area contributed by atoms with Gasteiger partial charge in [0, 0.05) is 0 Å².